The summed E-state index contributed by atoms with van der Waals surface area (Å²) in [6.07, 6.45) is 0. The van der Waals surface area contributed by atoms with Gasteiger partial charge in [0.1, 0.15) is 5.76 Å². The van der Waals surface area contributed by atoms with Crippen LogP contribution in [0.2, 0.25) is 0 Å². The Morgan fingerprint density at radius 1 is 0.964 bits per heavy atom. The van der Waals surface area contributed by atoms with Gasteiger partial charge >= 0.3 is 5.97 Å². The van der Waals surface area contributed by atoms with Crippen molar-refractivity contribution in [2.75, 3.05) is 10.0 Å². The van der Waals surface area contributed by atoms with E-state index in [1.54, 1.807) is 18.2 Å². The van der Waals surface area contributed by atoms with Gasteiger partial charge in [-0.25, -0.2) is 13.2 Å². The lowest BCUT2D eigenvalue weighted by Gasteiger charge is -2.10. The highest BCUT2D eigenvalue weighted by atomic mass is 32.2. The summed E-state index contributed by atoms with van der Waals surface area (Å²) < 4.78 is 32.8. The number of rotatable bonds is 6. The Morgan fingerprint density at radius 3 is 2.29 bits per heavy atom. The molecular weight excluding hydrogens is 384 g/mol. The number of nitrogens with one attached hydrogen (secondary N) is 2. The van der Waals surface area contributed by atoms with Gasteiger partial charge in [-0.1, -0.05) is 12.1 Å². The van der Waals surface area contributed by atoms with Crippen LogP contribution in [-0.2, 0) is 14.8 Å². The van der Waals surface area contributed by atoms with E-state index in [2.05, 4.69) is 10.0 Å². The minimum atomic E-state index is -3.85. The maximum Gasteiger partial charge on any atom is 0.371 e. The third kappa shape index (κ3) is 4.38. The van der Waals surface area contributed by atoms with Gasteiger partial charge in [-0.15, -0.1) is 0 Å². The molecule has 0 aliphatic heterocycles. The summed E-state index contributed by atoms with van der Waals surface area (Å²) in [5.74, 6) is -1.35. The van der Waals surface area contributed by atoms with Crippen molar-refractivity contribution in [3.63, 3.8) is 0 Å². The number of anilines is 2. The van der Waals surface area contributed by atoms with Crippen molar-refractivity contribution in [2.24, 2.45) is 0 Å². The van der Waals surface area contributed by atoms with Crippen molar-refractivity contribution in [3.8, 4) is 11.3 Å². The zero-order valence-electron chi connectivity index (χ0n) is 14.7. The molecule has 0 aliphatic carbocycles. The molecular formula is C19H16N2O6S. The van der Waals surface area contributed by atoms with Crippen molar-refractivity contribution >= 4 is 33.3 Å². The fourth-order valence-electron chi connectivity index (χ4n) is 2.48. The van der Waals surface area contributed by atoms with E-state index < -0.39 is 16.0 Å². The Labute approximate surface area is 160 Å². The molecule has 1 heterocycles. The summed E-state index contributed by atoms with van der Waals surface area (Å²) >= 11 is 0. The fourth-order valence-corrected chi connectivity index (χ4v) is 3.53. The third-order valence-corrected chi connectivity index (χ3v) is 5.10. The first kappa shape index (κ1) is 19.2. The highest BCUT2D eigenvalue weighted by Crippen LogP contribution is 2.26. The minimum absolute atomic E-state index is 0.0261. The number of carbonyl (C=O) groups is 2. The van der Waals surface area contributed by atoms with Gasteiger partial charge in [-0.3, -0.25) is 9.52 Å². The summed E-state index contributed by atoms with van der Waals surface area (Å²) in [6, 6.07) is 14.9. The molecule has 9 heteroatoms. The summed E-state index contributed by atoms with van der Waals surface area (Å²) in [7, 11) is -3.85. The number of hydrogen-bond donors (Lipinski definition) is 3. The average Bonchev–Trinajstić information content (AvgIpc) is 3.12. The Balaban J connectivity index is 1.82. The van der Waals surface area contributed by atoms with Crippen molar-refractivity contribution in [3.05, 3.63) is 66.4 Å². The van der Waals surface area contributed by atoms with Crippen LogP contribution in [0, 0.1) is 0 Å². The van der Waals surface area contributed by atoms with Gasteiger partial charge in [0.05, 0.1) is 4.90 Å². The van der Waals surface area contributed by atoms with Crippen molar-refractivity contribution in [1.29, 1.82) is 0 Å². The monoisotopic (exact) mass is 400 g/mol. The molecule has 3 N–H and O–H groups in total. The van der Waals surface area contributed by atoms with E-state index in [0.29, 0.717) is 17.0 Å². The van der Waals surface area contributed by atoms with Gasteiger partial charge in [0.2, 0.25) is 11.7 Å². The maximum atomic E-state index is 12.6. The Morgan fingerprint density at radius 2 is 1.68 bits per heavy atom. The zero-order chi connectivity index (χ0) is 20.3. The second-order valence-electron chi connectivity index (χ2n) is 5.86. The minimum Gasteiger partial charge on any atom is -0.475 e. The standard InChI is InChI=1S/C19H16N2O6S/c1-12(22)20-14-5-7-16(8-6-14)28(25,26)21-15-4-2-3-13(11-15)17-9-10-18(27-17)19(23)24/h2-11,21H,1H3,(H,20,22)(H,23,24). The number of amides is 1. The SMILES string of the molecule is CC(=O)Nc1ccc(S(=O)(=O)Nc2cccc(-c3ccc(C(=O)O)o3)c2)cc1. The molecule has 0 fully saturated rings. The van der Waals surface area contributed by atoms with Gasteiger partial charge in [0, 0.05) is 23.9 Å². The second-order valence-corrected chi connectivity index (χ2v) is 7.54. The average molecular weight is 400 g/mol. The molecule has 144 valence electrons. The number of aromatic carboxylic acids is 1. The van der Waals surface area contributed by atoms with Crippen LogP contribution in [-0.4, -0.2) is 25.4 Å². The maximum absolute atomic E-state index is 12.6. The number of sulfonamides is 1. The topological polar surface area (TPSA) is 126 Å². The van der Waals surface area contributed by atoms with E-state index in [4.69, 9.17) is 9.52 Å². The fraction of sp³-hybridized carbons (Fsp3) is 0.0526. The van der Waals surface area contributed by atoms with E-state index in [1.165, 1.54) is 49.4 Å². The first-order chi connectivity index (χ1) is 13.2. The van der Waals surface area contributed by atoms with Crippen LogP contribution in [0.15, 0.2) is 70.0 Å². The second kappa shape index (κ2) is 7.57. The number of furan rings is 1. The van der Waals surface area contributed by atoms with E-state index >= 15 is 0 Å². The van der Waals surface area contributed by atoms with Gasteiger partial charge < -0.3 is 14.8 Å². The third-order valence-electron chi connectivity index (χ3n) is 3.70. The van der Waals surface area contributed by atoms with Crippen molar-refractivity contribution < 1.29 is 27.5 Å². The van der Waals surface area contributed by atoms with Crippen LogP contribution in [0.4, 0.5) is 11.4 Å². The smallest absolute Gasteiger partial charge is 0.371 e. The van der Waals surface area contributed by atoms with Crippen molar-refractivity contribution in [1.82, 2.24) is 0 Å². The molecule has 0 saturated heterocycles. The molecule has 8 nitrogen and oxygen atoms in total. The van der Waals surface area contributed by atoms with Crippen molar-refractivity contribution in [2.45, 2.75) is 11.8 Å². The molecule has 1 aromatic heterocycles. The summed E-state index contributed by atoms with van der Waals surface area (Å²) in [6.45, 7) is 1.36. The molecule has 0 bridgehead atoms. The molecule has 0 aliphatic rings. The Kier molecular flexibility index (Phi) is 5.18. The van der Waals surface area contributed by atoms with Crippen LogP contribution < -0.4 is 10.0 Å². The van der Waals surface area contributed by atoms with E-state index in [-0.39, 0.29) is 22.3 Å². The normalized spacial score (nSPS) is 11.0. The zero-order valence-corrected chi connectivity index (χ0v) is 15.5. The van der Waals surface area contributed by atoms with E-state index in [9.17, 15) is 18.0 Å². The molecule has 28 heavy (non-hydrogen) atoms. The molecule has 1 amide bonds. The van der Waals surface area contributed by atoms with E-state index in [0.717, 1.165) is 0 Å². The molecule has 2 aromatic carbocycles. The van der Waals surface area contributed by atoms with Gasteiger partial charge in [-0.05, 0) is 48.5 Å². The Bertz CT molecular complexity index is 1130. The van der Waals surface area contributed by atoms with Gasteiger partial charge in [0.15, 0.2) is 0 Å². The number of carboxylic acid groups (broad SMARTS) is 1. The number of carboxylic acids is 1. The summed E-state index contributed by atoms with van der Waals surface area (Å²) in [4.78, 5) is 22.0. The van der Waals surface area contributed by atoms with Crippen LogP contribution >= 0.6 is 0 Å². The molecule has 0 atom stereocenters. The van der Waals surface area contributed by atoms with Crippen LogP contribution in [0.1, 0.15) is 17.5 Å². The van der Waals surface area contributed by atoms with Gasteiger partial charge in [0.25, 0.3) is 10.0 Å². The van der Waals surface area contributed by atoms with E-state index in [1.807, 2.05) is 0 Å². The predicted molar refractivity (Wildman–Crippen MR) is 103 cm³/mol. The molecule has 0 radical (unpaired) electrons. The largest absolute Gasteiger partial charge is 0.475 e. The number of hydrogen-bond acceptors (Lipinski definition) is 5. The van der Waals surface area contributed by atoms with Crippen LogP contribution in [0.3, 0.4) is 0 Å². The lowest BCUT2D eigenvalue weighted by molar-refractivity contribution is -0.114. The Hall–Kier alpha value is -3.59. The van der Waals surface area contributed by atoms with Crippen LogP contribution in [0.5, 0.6) is 0 Å². The molecule has 0 spiro atoms. The summed E-state index contributed by atoms with van der Waals surface area (Å²) in [5, 5.41) is 11.5. The summed E-state index contributed by atoms with van der Waals surface area (Å²) in [5.41, 5.74) is 1.30. The predicted octanol–water partition coefficient (Wildman–Crippen LogP) is 3.40. The first-order valence-corrected chi connectivity index (χ1v) is 9.57. The first-order valence-electron chi connectivity index (χ1n) is 8.09. The lowest BCUT2D eigenvalue weighted by Crippen LogP contribution is -2.13. The highest BCUT2D eigenvalue weighted by molar-refractivity contribution is 7.92. The highest BCUT2D eigenvalue weighted by Gasteiger charge is 2.16. The molecule has 0 saturated carbocycles. The molecule has 3 aromatic rings. The molecule has 3 rings (SSSR count). The van der Waals surface area contributed by atoms with Crippen LogP contribution in [0.25, 0.3) is 11.3 Å². The number of benzene rings is 2. The van der Waals surface area contributed by atoms with Gasteiger partial charge in [-0.2, -0.15) is 0 Å². The quantitative estimate of drug-likeness (QED) is 0.582. The lowest BCUT2D eigenvalue weighted by atomic mass is 10.1. The molecule has 0 unspecified atom stereocenters. The number of carbonyl (C=O) groups excluding carboxylic acids is 1.